The third-order valence-electron chi connectivity index (χ3n) is 20.5. The fourth-order valence-corrected chi connectivity index (χ4v) is 16.9. The number of thioether (sulfide) groups is 1. The van der Waals surface area contributed by atoms with E-state index >= 15 is 0 Å². The van der Waals surface area contributed by atoms with Crippen molar-refractivity contribution in [1.82, 2.24) is 19.6 Å². The van der Waals surface area contributed by atoms with Gasteiger partial charge in [-0.15, -0.1) is 82.4 Å². The van der Waals surface area contributed by atoms with Crippen LogP contribution in [0.25, 0.3) is 0 Å². The molecular formula is C82H117Cl2IN13O8PdS3-. The number of nitrogens with two attached hydrogens (primary N) is 1. The Labute approximate surface area is 707 Å². The third-order valence-corrected chi connectivity index (χ3v) is 23.2. The molecule has 6 aromatic rings. The Kier molecular flexibility index (Phi) is 45.6. The average molecular weight is 1810 g/mol. The summed E-state index contributed by atoms with van der Waals surface area (Å²) in [5.41, 5.74) is 16.7. The number of nitrogen functional groups attached to an aromatic ring is 1. The number of halogens is 3. The predicted octanol–water partition coefficient (Wildman–Crippen LogP) is 17.8. The van der Waals surface area contributed by atoms with E-state index in [2.05, 4.69) is 43.1 Å². The number of carbonyl (C=O) groups excluding carboxylic acids is 4. The van der Waals surface area contributed by atoms with Crippen LogP contribution in [0.1, 0.15) is 173 Å². The van der Waals surface area contributed by atoms with Crippen molar-refractivity contribution in [1.29, 1.82) is 10.8 Å². The second-order valence-electron chi connectivity index (χ2n) is 28.1. The zero-order valence-corrected chi connectivity index (χ0v) is 71.4. The van der Waals surface area contributed by atoms with Gasteiger partial charge in [-0.1, -0.05) is 57.4 Å². The number of benzene rings is 4. The zero-order chi connectivity index (χ0) is 74.3. The van der Waals surface area contributed by atoms with Gasteiger partial charge in [0.2, 0.25) is 23.6 Å². The second-order valence-corrected chi connectivity index (χ2v) is 31.1. The predicted molar refractivity (Wildman–Crippen MR) is 468 cm³/mol. The normalized spacial score (nSPS) is 17.1. The number of nitro benzene ring substituents is 2. The van der Waals surface area contributed by atoms with Gasteiger partial charge in [-0.25, -0.2) is 0 Å². The number of amides is 4. The Morgan fingerprint density at radius 2 is 0.882 bits per heavy atom. The Morgan fingerprint density at radius 1 is 0.500 bits per heavy atom. The molecule has 0 unspecified atom stereocenters. The first-order valence-corrected chi connectivity index (χ1v) is 41.5. The maximum absolute atomic E-state index is 12.7. The van der Waals surface area contributed by atoms with E-state index in [9.17, 15) is 39.4 Å². The summed E-state index contributed by atoms with van der Waals surface area (Å²) in [5.74, 6) is 1.42. The molecule has 2 aromatic heterocycles. The Bertz CT molecular complexity index is 3820. The molecule has 8 aliphatic heterocycles. The van der Waals surface area contributed by atoms with E-state index in [0.717, 1.165) is 147 Å². The van der Waals surface area contributed by atoms with E-state index < -0.39 is 4.92 Å². The van der Waals surface area contributed by atoms with Crippen molar-refractivity contribution >= 4 is 157 Å². The number of hydrogen-bond donors (Lipinski definition) is 4. The van der Waals surface area contributed by atoms with Gasteiger partial charge in [-0.05, 0) is 248 Å². The molecule has 608 valence electrons. The van der Waals surface area contributed by atoms with Crippen LogP contribution in [0.15, 0.2) is 108 Å². The number of nitrogens with zero attached hydrogens (tertiary/aromatic N) is 9. The standard InChI is InChI=1S/C23H29N3OS.C17H23N3O3.C17H25N3O.C10H10N2O3.C7H14ClN.C6H7NS2.CH4.CH3.ClH.HI.Pd/c24-20(22-7-5-15-28-22)17-18-9-10-21-19(16-18)6-4-8-23(27)26(21)14-13-25-11-2-1-3-12-25;21-17-6-4-5-14-13-15(20(22)23)7-8-16(14)19(17)12-11-18-9-2-1-3-10-18;18-15-7-8-16-14(13-15)5-4-6-17(21)20(16)12-11-19-9-2-1-3-10-19;13-10-3-1-2-7-6-8(12(14)15)4-5-9(7)11-10;8-4-7-9-5-2-1-3-6-9;1-8-6(7)5-3-2-4-9-5;;;;;/h5,7,9-10,15-16,24H,1-4,6,8,11-14,17H2;7-8,13H,1-6,9-12H2;7-8,13H,1-6,9-12,18H2;4-6H,1-3H2,(H,11,13);1-7H2;2-4,7H,1H3;1H4;1H3;2*1H;/q;;;;;;;-1;;;. The summed E-state index contributed by atoms with van der Waals surface area (Å²) in [5, 5.41) is 44.6. The molecule has 0 atom stereocenters. The first kappa shape index (κ1) is 96.6. The number of carbonyl (C=O) groups is 4. The van der Waals surface area contributed by atoms with Gasteiger partial charge >= 0.3 is 0 Å². The number of non-ortho nitro benzene ring substituents is 2. The van der Waals surface area contributed by atoms with Crippen molar-refractivity contribution in [3.63, 3.8) is 0 Å². The van der Waals surface area contributed by atoms with Crippen molar-refractivity contribution in [2.24, 2.45) is 0 Å². The van der Waals surface area contributed by atoms with Gasteiger partial charge in [0.25, 0.3) is 11.4 Å². The molecule has 0 saturated carbocycles. The number of fused-ring (bicyclic) bond motifs is 4. The zero-order valence-electron chi connectivity index (χ0n) is 63.5. The molecule has 110 heavy (non-hydrogen) atoms. The largest absolute Gasteiger partial charge is 0.399 e. The van der Waals surface area contributed by atoms with Crippen molar-refractivity contribution in [3.05, 3.63) is 173 Å². The van der Waals surface area contributed by atoms with E-state index in [-0.39, 0.29) is 112 Å². The Morgan fingerprint density at radius 3 is 1.31 bits per heavy atom. The van der Waals surface area contributed by atoms with E-state index in [4.69, 9.17) is 28.2 Å². The number of aryl methyl sites for hydroxylation is 4. The SMILES string of the molecule is C.CSC(=N)c1cccs1.Cl.ClCCN1CCCCC1.I.N=C(Cc1ccc2c(c1)CCCC(=O)N2CCN1CCCCC1)c1cccs1.Nc1ccc2c(c1)CCCC(=O)N2CCN1CCCCC1.O=C1CCCc2cc([N+](=O)[O-])ccc2N1.O=C1CCCc2cc([N+](=O)[O-])ccc2N1CCN1CCCCC1.[CH3-].[Pd]. The van der Waals surface area contributed by atoms with Crippen molar-refractivity contribution in [2.75, 3.05) is 136 Å². The smallest absolute Gasteiger partial charge is 0.269 e. The van der Waals surface area contributed by atoms with Crippen LogP contribution < -0.4 is 25.8 Å². The molecule has 4 saturated heterocycles. The van der Waals surface area contributed by atoms with Crippen LogP contribution in [-0.4, -0.2) is 174 Å². The second kappa shape index (κ2) is 51.9. The minimum atomic E-state index is -0.424. The van der Waals surface area contributed by atoms with Crippen LogP contribution in [0.4, 0.5) is 39.8 Å². The average Bonchev–Trinajstić information content (AvgIpc) is 1.58. The summed E-state index contributed by atoms with van der Waals surface area (Å²) in [4.78, 5) is 87.3. The monoisotopic (exact) mass is 1810 g/mol. The summed E-state index contributed by atoms with van der Waals surface area (Å²) in [6.07, 6.45) is 27.3. The molecule has 10 heterocycles. The molecule has 5 N–H and O–H groups in total. The summed E-state index contributed by atoms with van der Waals surface area (Å²) >= 11 is 10.3. The molecule has 0 radical (unpaired) electrons. The van der Waals surface area contributed by atoms with Crippen LogP contribution in [0.3, 0.4) is 0 Å². The Balaban J connectivity index is 0.000000287. The molecule has 4 amide bonds. The molecule has 21 nitrogen and oxygen atoms in total. The molecule has 0 aliphatic carbocycles. The molecule has 0 bridgehead atoms. The van der Waals surface area contributed by atoms with Crippen LogP contribution in [-0.2, 0) is 71.7 Å². The van der Waals surface area contributed by atoms with Gasteiger partial charge in [-0.2, -0.15) is 0 Å². The number of alkyl halides is 1. The van der Waals surface area contributed by atoms with Crippen molar-refractivity contribution in [3.8, 4) is 0 Å². The van der Waals surface area contributed by atoms with Gasteiger partial charge in [0.1, 0.15) is 5.04 Å². The molecule has 14 rings (SSSR count). The summed E-state index contributed by atoms with van der Waals surface area (Å²) < 4.78 is 0. The van der Waals surface area contributed by atoms with Crippen LogP contribution in [0, 0.1) is 38.5 Å². The molecular weight excluding hydrogens is 1700 g/mol. The number of hydrogen-bond acceptors (Lipinski definition) is 18. The topological polar surface area (TPSA) is 263 Å². The Hall–Kier alpha value is -5.74. The van der Waals surface area contributed by atoms with Crippen LogP contribution >= 0.6 is 82.4 Å². The number of piperidine rings is 4. The molecule has 4 fully saturated rings. The first-order valence-electron chi connectivity index (χ1n) is 38.0. The summed E-state index contributed by atoms with van der Waals surface area (Å²) in [7, 11) is 0. The molecule has 8 aliphatic rings. The molecule has 28 heteroatoms. The maximum atomic E-state index is 12.7. The van der Waals surface area contributed by atoms with E-state index in [1.807, 2.05) is 74.2 Å². The van der Waals surface area contributed by atoms with Crippen LogP contribution in [0.5, 0.6) is 0 Å². The number of rotatable bonds is 17. The van der Waals surface area contributed by atoms with Gasteiger partial charge in [0.15, 0.2) is 0 Å². The van der Waals surface area contributed by atoms with Gasteiger partial charge in [-0.3, -0.25) is 44.8 Å². The third kappa shape index (κ3) is 30.9. The molecule has 0 spiro atoms. The van der Waals surface area contributed by atoms with E-state index in [1.165, 1.54) is 163 Å². The quantitative estimate of drug-likeness (QED) is 0.00762. The van der Waals surface area contributed by atoms with Crippen LogP contribution in [0.2, 0.25) is 0 Å². The van der Waals surface area contributed by atoms with Gasteiger partial charge < -0.3 is 58.2 Å². The fourth-order valence-electron chi connectivity index (χ4n) is 14.8. The number of thiophene rings is 2. The molecule has 4 aromatic carbocycles. The minimum absolute atomic E-state index is 0. The van der Waals surface area contributed by atoms with E-state index in [1.54, 1.807) is 40.9 Å². The number of likely N-dealkylation sites (tertiary alicyclic amines) is 4. The minimum Gasteiger partial charge on any atom is -0.399 e. The number of anilines is 5. The van der Waals surface area contributed by atoms with Gasteiger partial charge in [0, 0.05) is 162 Å². The van der Waals surface area contributed by atoms with Crippen molar-refractivity contribution < 1.29 is 49.4 Å². The summed E-state index contributed by atoms with van der Waals surface area (Å²) in [6.45, 7) is 15.6. The maximum Gasteiger partial charge on any atom is 0.269 e. The fraction of sp³-hybridized carbons (Fsp3) is 0.524. The summed E-state index contributed by atoms with van der Waals surface area (Å²) in [6, 6.07) is 29.7. The first-order chi connectivity index (χ1) is 51.0. The van der Waals surface area contributed by atoms with Gasteiger partial charge in [0.05, 0.1) is 20.4 Å². The number of nitrogens with one attached hydrogen (secondary N) is 3. The van der Waals surface area contributed by atoms with E-state index in [0.29, 0.717) is 61.5 Å². The number of nitro groups is 2. The van der Waals surface area contributed by atoms with Crippen molar-refractivity contribution in [2.45, 2.75) is 168 Å².